The molecule has 3 fully saturated rings. The van der Waals surface area contributed by atoms with Gasteiger partial charge in [0.1, 0.15) is 5.78 Å². The van der Waals surface area contributed by atoms with Gasteiger partial charge in [-0.15, -0.1) is 0 Å². The smallest absolute Gasteiger partial charge is 0.141 e. The molecule has 78 valence electrons. The van der Waals surface area contributed by atoms with Crippen LogP contribution in [-0.4, -0.2) is 19.0 Å². The molecule has 3 rings (SSSR count). The number of hydrogen-bond acceptors (Lipinski definition) is 2. The van der Waals surface area contributed by atoms with Gasteiger partial charge in [-0.25, -0.2) is 0 Å². The molecule has 14 heavy (non-hydrogen) atoms. The monoisotopic (exact) mass is 194 g/mol. The SMILES string of the molecule is O=C(C1CCCOC1)C1C2CCCC21. The van der Waals surface area contributed by atoms with Gasteiger partial charge in [0.05, 0.1) is 6.61 Å². The highest BCUT2D eigenvalue weighted by Crippen LogP contribution is 2.58. The summed E-state index contributed by atoms with van der Waals surface area (Å²) in [6.45, 7) is 1.57. The first-order valence-electron chi connectivity index (χ1n) is 5.99. The number of ether oxygens (including phenoxy) is 1. The summed E-state index contributed by atoms with van der Waals surface area (Å²) < 4.78 is 5.38. The third-order valence-corrected chi connectivity index (χ3v) is 4.30. The number of Topliss-reactive ketones (excluding diaryl/α,β-unsaturated/α-hetero) is 1. The molecule has 1 saturated heterocycles. The first kappa shape index (κ1) is 8.90. The molecule has 0 radical (unpaired) electrons. The summed E-state index contributed by atoms with van der Waals surface area (Å²) in [7, 11) is 0. The first-order chi connectivity index (χ1) is 6.88. The Morgan fingerprint density at radius 3 is 2.50 bits per heavy atom. The van der Waals surface area contributed by atoms with Gasteiger partial charge < -0.3 is 4.74 Å². The zero-order chi connectivity index (χ0) is 9.54. The third-order valence-electron chi connectivity index (χ3n) is 4.30. The van der Waals surface area contributed by atoms with E-state index in [4.69, 9.17) is 4.74 Å². The van der Waals surface area contributed by atoms with Crippen molar-refractivity contribution < 1.29 is 9.53 Å². The fourth-order valence-corrected chi connectivity index (χ4v) is 3.48. The molecular weight excluding hydrogens is 176 g/mol. The molecule has 0 bridgehead atoms. The molecule has 2 heteroatoms. The van der Waals surface area contributed by atoms with E-state index >= 15 is 0 Å². The standard InChI is InChI=1S/C12H18O2/c13-12(8-3-2-6-14-7-8)11-9-4-1-5-10(9)11/h8-11H,1-7H2. The number of carbonyl (C=O) groups is 1. The van der Waals surface area contributed by atoms with Crippen molar-refractivity contribution in [3.05, 3.63) is 0 Å². The lowest BCUT2D eigenvalue weighted by molar-refractivity contribution is -0.128. The van der Waals surface area contributed by atoms with Crippen molar-refractivity contribution in [2.45, 2.75) is 32.1 Å². The molecule has 0 aromatic carbocycles. The van der Waals surface area contributed by atoms with Crippen LogP contribution in [0.5, 0.6) is 0 Å². The maximum absolute atomic E-state index is 12.1. The van der Waals surface area contributed by atoms with Gasteiger partial charge >= 0.3 is 0 Å². The molecule has 2 saturated carbocycles. The summed E-state index contributed by atoms with van der Waals surface area (Å²) in [6.07, 6.45) is 6.15. The van der Waals surface area contributed by atoms with E-state index in [1.165, 1.54) is 19.3 Å². The molecule has 0 aromatic heterocycles. The number of carbonyl (C=O) groups excluding carboxylic acids is 1. The molecule has 0 N–H and O–H groups in total. The van der Waals surface area contributed by atoms with Gasteiger partial charge in [-0.2, -0.15) is 0 Å². The quantitative estimate of drug-likeness (QED) is 0.672. The van der Waals surface area contributed by atoms with E-state index in [0.29, 0.717) is 18.3 Å². The minimum absolute atomic E-state index is 0.249. The Labute approximate surface area is 85.0 Å². The Balaban J connectivity index is 1.60. The average Bonchev–Trinajstić information content (AvgIpc) is 2.72. The molecule has 3 atom stereocenters. The topological polar surface area (TPSA) is 26.3 Å². The Bertz CT molecular complexity index is 229. The van der Waals surface area contributed by atoms with Crippen LogP contribution in [0.2, 0.25) is 0 Å². The number of rotatable bonds is 2. The molecule has 0 aromatic rings. The lowest BCUT2D eigenvalue weighted by Gasteiger charge is -2.21. The van der Waals surface area contributed by atoms with E-state index in [-0.39, 0.29) is 5.92 Å². The van der Waals surface area contributed by atoms with Crippen molar-refractivity contribution >= 4 is 5.78 Å². The molecule has 1 heterocycles. The second-order valence-electron chi connectivity index (χ2n) is 5.10. The van der Waals surface area contributed by atoms with Crippen molar-refractivity contribution in [3.8, 4) is 0 Å². The van der Waals surface area contributed by atoms with Gasteiger partial charge in [0, 0.05) is 18.4 Å². The fraction of sp³-hybridized carbons (Fsp3) is 0.917. The van der Waals surface area contributed by atoms with Crippen LogP contribution in [0.3, 0.4) is 0 Å². The van der Waals surface area contributed by atoms with Gasteiger partial charge in [-0.3, -0.25) is 4.79 Å². The minimum atomic E-state index is 0.249. The molecule has 3 aliphatic rings. The zero-order valence-corrected chi connectivity index (χ0v) is 8.58. The molecule has 0 amide bonds. The normalized spacial score (nSPS) is 46.0. The number of fused-ring (bicyclic) bond motifs is 1. The Morgan fingerprint density at radius 1 is 1.07 bits per heavy atom. The predicted molar refractivity (Wildman–Crippen MR) is 52.9 cm³/mol. The van der Waals surface area contributed by atoms with Crippen LogP contribution in [0, 0.1) is 23.7 Å². The van der Waals surface area contributed by atoms with E-state index in [1.54, 1.807) is 0 Å². The number of hydrogen-bond donors (Lipinski definition) is 0. The molecular formula is C12H18O2. The maximum atomic E-state index is 12.1. The van der Waals surface area contributed by atoms with E-state index in [0.717, 1.165) is 31.3 Å². The van der Waals surface area contributed by atoms with Crippen molar-refractivity contribution in [1.29, 1.82) is 0 Å². The predicted octanol–water partition coefficient (Wildman–Crippen LogP) is 2.03. The van der Waals surface area contributed by atoms with Gasteiger partial charge in [-0.1, -0.05) is 6.42 Å². The molecule has 2 nitrogen and oxygen atoms in total. The van der Waals surface area contributed by atoms with E-state index < -0.39 is 0 Å². The summed E-state index contributed by atoms with van der Waals surface area (Å²) in [4.78, 5) is 12.1. The zero-order valence-electron chi connectivity index (χ0n) is 8.58. The minimum Gasteiger partial charge on any atom is -0.381 e. The van der Waals surface area contributed by atoms with Crippen LogP contribution in [0.25, 0.3) is 0 Å². The van der Waals surface area contributed by atoms with E-state index in [1.807, 2.05) is 0 Å². The molecule has 0 spiro atoms. The summed E-state index contributed by atoms with van der Waals surface area (Å²) in [6, 6.07) is 0. The summed E-state index contributed by atoms with van der Waals surface area (Å²) >= 11 is 0. The van der Waals surface area contributed by atoms with Crippen molar-refractivity contribution in [2.75, 3.05) is 13.2 Å². The Kier molecular flexibility index (Phi) is 2.12. The van der Waals surface area contributed by atoms with Crippen LogP contribution in [-0.2, 0) is 9.53 Å². The van der Waals surface area contributed by atoms with E-state index in [2.05, 4.69) is 0 Å². The summed E-state index contributed by atoms with van der Waals surface area (Å²) in [5, 5.41) is 0. The highest BCUT2D eigenvalue weighted by atomic mass is 16.5. The number of ketones is 1. The van der Waals surface area contributed by atoms with Crippen LogP contribution < -0.4 is 0 Å². The summed E-state index contributed by atoms with van der Waals surface area (Å²) in [5.41, 5.74) is 0. The second kappa shape index (κ2) is 3.34. The van der Waals surface area contributed by atoms with Crippen LogP contribution in [0.4, 0.5) is 0 Å². The summed E-state index contributed by atoms with van der Waals surface area (Å²) in [5.74, 6) is 2.81. The Morgan fingerprint density at radius 2 is 1.86 bits per heavy atom. The van der Waals surface area contributed by atoms with E-state index in [9.17, 15) is 4.79 Å². The van der Waals surface area contributed by atoms with Crippen LogP contribution in [0.15, 0.2) is 0 Å². The largest absolute Gasteiger partial charge is 0.381 e. The Hall–Kier alpha value is -0.370. The van der Waals surface area contributed by atoms with Crippen molar-refractivity contribution in [3.63, 3.8) is 0 Å². The lowest BCUT2D eigenvalue weighted by atomic mass is 9.92. The third kappa shape index (κ3) is 1.31. The fourth-order valence-electron chi connectivity index (χ4n) is 3.48. The van der Waals surface area contributed by atoms with Crippen molar-refractivity contribution in [1.82, 2.24) is 0 Å². The molecule has 1 aliphatic heterocycles. The first-order valence-corrected chi connectivity index (χ1v) is 5.99. The van der Waals surface area contributed by atoms with Crippen LogP contribution >= 0.6 is 0 Å². The molecule has 2 aliphatic carbocycles. The average molecular weight is 194 g/mol. The van der Waals surface area contributed by atoms with Gasteiger partial charge in [0.2, 0.25) is 0 Å². The van der Waals surface area contributed by atoms with Crippen LogP contribution in [0.1, 0.15) is 32.1 Å². The highest BCUT2D eigenvalue weighted by molar-refractivity contribution is 5.87. The van der Waals surface area contributed by atoms with Crippen molar-refractivity contribution in [2.24, 2.45) is 23.7 Å². The maximum Gasteiger partial charge on any atom is 0.141 e. The second-order valence-corrected chi connectivity index (χ2v) is 5.10. The van der Waals surface area contributed by atoms with Gasteiger partial charge in [0.15, 0.2) is 0 Å². The van der Waals surface area contributed by atoms with Gasteiger partial charge in [-0.05, 0) is 37.5 Å². The highest BCUT2D eigenvalue weighted by Gasteiger charge is 2.57. The molecule has 3 unspecified atom stereocenters. The lowest BCUT2D eigenvalue weighted by Crippen LogP contribution is -2.27. The van der Waals surface area contributed by atoms with Gasteiger partial charge in [0.25, 0.3) is 0 Å².